The van der Waals surface area contributed by atoms with Gasteiger partial charge in [-0.3, -0.25) is 0 Å². The van der Waals surface area contributed by atoms with Crippen molar-refractivity contribution in [3.8, 4) is 6.07 Å². The molecule has 0 aromatic carbocycles. The summed E-state index contributed by atoms with van der Waals surface area (Å²) in [5.74, 6) is 1.45. The lowest BCUT2D eigenvalue weighted by Crippen LogP contribution is -2.48. The van der Waals surface area contributed by atoms with E-state index in [2.05, 4.69) is 19.9 Å². The van der Waals surface area contributed by atoms with Crippen molar-refractivity contribution < 1.29 is 5.11 Å². The molecule has 0 saturated heterocycles. The largest absolute Gasteiger partial charge is 0.388 e. The highest BCUT2D eigenvalue weighted by molar-refractivity contribution is 5.14. The van der Waals surface area contributed by atoms with Crippen LogP contribution in [0.5, 0.6) is 0 Å². The molecule has 0 aromatic heterocycles. The molecule has 0 amide bonds. The van der Waals surface area contributed by atoms with Gasteiger partial charge in [-0.25, -0.2) is 0 Å². The van der Waals surface area contributed by atoms with Crippen molar-refractivity contribution in [1.82, 2.24) is 0 Å². The molecule has 96 valence electrons. The molecule has 0 spiro atoms. The molecular weight excluding hydrogens is 210 g/mol. The summed E-state index contributed by atoms with van der Waals surface area (Å²) in [4.78, 5) is 0. The van der Waals surface area contributed by atoms with Gasteiger partial charge in [-0.15, -0.1) is 0 Å². The highest BCUT2D eigenvalue weighted by atomic mass is 16.3. The third kappa shape index (κ3) is 2.10. The number of nitriles is 1. The van der Waals surface area contributed by atoms with Gasteiger partial charge in [-0.1, -0.05) is 26.7 Å². The van der Waals surface area contributed by atoms with Crippen LogP contribution in [0, 0.1) is 28.6 Å². The maximum Gasteiger partial charge on any atom is 0.0860 e. The van der Waals surface area contributed by atoms with Crippen LogP contribution in [0.1, 0.15) is 65.2 Å². The van der Waals surface area contributed by atoms with Crippen molar-refractivity contribution >= 4 is 0 Å². The van der Waals surface area contributed by atoms with Crippen molar-refractivity contribution in [3.05, 3.63) is 0 Å². The zero-order chi connectivity index (χ0) is 12.5. The number of nitrogens with zero attached hydrogens (tertiary/aromatic N) is 1. The Bertz CT molecular complexity index is 301. The molecule has 0 aromatic rings. The van der Waals surface area contributed by atoms with Crippen LogP contribution in [0.15, 0.2) is 0 Å². The van der Waals surface area contributed by atoms with E-state index in [1.165, 1.54) is 0 Å². The van der Waals surface area contributed by atoms with E-state index in [1.54, 1.807) is 0 Å². The smallest absolute Gasteiger partial charge is 0.0860 e. The molecule has 2 heteroatoms. The van der Waals surface area contributed by atoms with Crippen LogP contribution in [-0.4, -0.2) is 10.7 Å². The van der Waals surface area contributed by atoms with E-state index in [-0.39, 0.29) is 0 Å². The van der Waals surface area contributed by atoms with Crippen LogP contribution in [0.3, 0.4) is 0 Å². The molecule has 2 saturated carbocycles. The molecule has 2 rings (SSSR count). The topological polar surface area (TPSA) is 44.0 Å². The fourth-order valence-electron chi connectivity index (χ4n) is 3.92. The van der Waals surface area contributed by atoms with Crippen LogP contribution in [0.2, 0.25) is 0 Å². The maximum absolute atomic E-state index is 10.9. The van der Waals surface area contributed by atoms with Gasteiger partial charge in [-0.05, 0) is 50.4 Å². The molecule has 0 radical (unpaired) electrons. The average Bonchev–Trinajstić information content (AvgIpc) is 2.79. The number of aliphatic hydroxyl groups is 1. The van der Waals surface area contributed by atoms with Crippen molar-refractivity contribution in [1.29, 1.82) is 5.26 Å². The molecule has 0 unspecified atom stereocenters. The van der Waals surface area contributed by atoms with E-state index in [0.717, 1.165) is 57.3 Å². The summed E-state index contributed by atoms with van der Waals surface area (Å²) in [6, 6.07) is 2.48. The quantitative estimate of drug-likeness (QED) is 0.794. The van der Waals surface area contributed by atoms with Crippen molar-refractivity contribution in [2.45, 2.75) is 70.8 Å². The van der Waals surface area contributed by atoms with Gasteiger partial charge in [0.1, 0.15) is 0 Å². The van der Waals surface area contributed by atoms with Gasteiger partial charge in [-0.2, -0.15) is 5.26 Å². The van der Waals surface area contributed by atoms with Gasteiger partial charge in [0.25, 0.3) is 0 Å². The first-order valence-electron chi connectivity index (χ1n) is 7.17. The molecule has 0 aliphatic heterocycles. The molecule has 17 heavy (non-hydrogen) atoms. The molecule has 2 fully saturated rings. The van der Waals surface area contributed by atoms with Crippen LogP contribution in [-0.2, 0) is 0 Å². The van der Waals surface area contributed by atoms with E-state index in [1.807, 2.05) is 0 Å². The Morgan fingerprint density at radius 2 is 1.65 bits per heavy atom. The van der Waals surface area contributed by atoms with Gasteiger partial charge in [0.15, 0.2) is 0 Å². The van der Waals surface area contributed by atoms with Gasteiger partial charge in [0.05, 0.1) is 17.1 Å². The van der Waals surface area contributed by atoms with Gasteiger partial charge >= 0.3 is 0 Å². The lowest BCUT2D eigenvalue weighted by molar-refractivity contribution is -0.0920. The lowest BCUT2D eigenvalue weighted by atomic mass is 9.62. The van der Waals surface area contributed by atoms with E-state index in [4.69, 9.17) is 0 Å². The van der Waals surface area contributed by atoms with E-state index < -0.39 is 11.0 Å². The molecule has 2 aliphatic rings. The number of hydrogen-bond acceptors (Lipinski definition) is 2. The van der Waals surface area contributed by atoms with Crippen molar-refractivity contribution in [3.63, 3.8) is 0 Å². The SMILES string of the molecule is CC(C)C1CCC(O)(C2(C#N)CCCC2)CC1. The minimum Gasteiger partial charge on any atom is -0.388 e. The summed E-state index contributed by atoms with van der Waals surface area (Å²) >= 11 is 0. The maximum atomic E-state index is 10.9. The molecule has 0 bridgehead atoms. The Kier molecular flexibility index (Phi) is 3.50. The van der Waals surface area contributed by atoms with Crippen LogP contribution < -0.4 is 0 Å². The molecule has 1 N–H and O–H groups in total. The zero-order valence-electron chi connectivity index (χ0n) is 11.2. The second-order valence-electron chi connectivity index (χ2n) is 6.51. The highest BCUT2D eigenvalue weighted by Gasteiger charge is 2.53. The van der Waals surface area contributed by atoms with Crippen LogP contribution in [0.25, 0.3) is 0 Å². The van der Waals surface area contributed by atoms with E-state index >= 15 is 0 Å². The second-order valence-corrected chi connectivity index (χ2v) is 6.51. The molecule has 2 nitrogen and oxygen atoms in total. The van der Waals surface area contributed by atoms with Crippen LogP contribution in [0.4, 0.5) is 0 Å². The Morgan fingerprint density at radius 3 is 2.06 bits per heavy atom. The average molecular weight is 235 g/mol. The minimum atomic E-state index is -0.691. The Hall–Kier alpha value is -0.550. The molecule has 2 aliphatic carbocycles. The summed E-state index contributed by atoms with van der Waals surface area (Å²) in [7, 11) is 0. The van der Waals surface area contributed by atoms with E-state index in [0.29, 0.717) is 5.92 Å². The van der Waals surface area contributed by atoms with Gasteiger partial charge in [0, 0.05) is 0 Å². The lowest BCUT2D eigenvalue weighted by Gasteiger charge is -2.45. The van der Waals surface area contributed by atoms with Gasteiger partial charge < -0.3 is 5.11 Å². The Labute approximate surface area is 105 Å². The van der Waals surface area contributed by atoms with Crippen molar-refractivity contribution in [2.75, 3.05) is 0 Å². The number of hydrogen-bond donors (Lipinski definition) is 1. The summed E-state index contributed by atoms with van der Waals surface area (Å²) in [6.45, 7) is 4.54. The first-order chi connectivity index (χ1) is 8.03. The Morgan fingerprint density at radius 1 is 1.12 bits per heavy atom. The summed E-state index contributed by atoms with van der Waals surface area (Å²) in [5.41, 5.74) is -1.11. The van der Waals surface area contributed by atoms with E-state index in [9.17, 15) is 10.4 Å². The first-order valence-corrected chi connectivity index (χ1v) is 7.17. The molecular formula is C15H25NO. The molecule has 0 atom stereocenters. The summed E-state index contributed by atoms with van der Waals surface area (Å²) in [6.07, 6.45) is 7.91. The fourth-order valence-corrected chi connectivity index (χ4v) is 3.92. The van der Waals surface area contributed by atoms with Crippen molar-refractivity contribution in [2.24, 2.45) is 17.3 Å². The fraction of sp³-hybridized carbons (Fsp3) is 0.933. The standard InChI is InChI=1S/C15H25NO/c1-12(2)13-5-9-15(17,10-6-13)14(11-16)7-3-4-8-14/h12-13,17H,3-10H2,1-2H3. The third-order valence-electron chi connectivity index (χ3n) is 5.36. The predicted molar refractivity (Wildman–Crippen MR) is 68.3 cm³/mol. The zero-order valence-corrected chi connectivity index (χ0v) is 11.2. The normalized spacial score (nSPS) is 37.0. The molecule has 0 heterocycles. The second kappa shape index (κ2) is 4.61. The predicted octanol–water partition coefficient (Wildman–Crippen LogP) is 3.65. The Balaban J connectivity index is 2.09. The first kappa shape index (κ1) is 12.9. The van der Waals surface area contributed by atoms with Crippen LogP contribution >= 0.6 is 0 Å². The van der Waals surface area contributed by atoms with Gasteiger partial charge in [0.2, 0.25) is 0 Å². The monoisotopic (exact) mass is 235 g/mol. The summed E-state index contributed by atoms with van der Waals surface area (Å²) in [5, 5.41) is 20.4. The highest BCUT2D eigenvalue weighted by Crippen LogP contribution is 2.53. The summed E-state index contributed by atoms with van der Waals surface area (Å²) < 4.78 is 0. The third-order valence-corrected chi connectivity index (χ3v) is 5.36. The minimum absolute atomic E-state index is 0.422. The number of rotatable bonds is 2.